The molecular weight excluding hydrogens is 282 g/mol. The maximum absolute atomic E-state index is 6.08. The molecular formula is C18H22ClNO. The fourth-order valence-corrected chi connectivity index (χ4v) is 2.30. The highest BCUT2D eigenvalue weighted by Gasteiger charge is 2.14. The lowest BCUT2D eigenvalue weighted by Crippen LogP contribution is -2.10. The first-order valence-electron chi connectivity index (χ1n) is 7.17. The molecule has 0 radical (unpaired) electrons. The van der Waals surface area contributed by atoms with Crippen LogP contribution in [0.25, 0.3) is 0 Å². The van der Waals surface area contributed by atoms with Crippen molar-refractivity contribution in [2.24, 2.45) is 5.73 Å². The molecule has 112 valence electrons. The molecule has 2 N–H and O–H groups in total. The van der Waals surface area contributed by atoms with Crippen molar-refractivity contribution in [1.29, 1.82) is 0 Å². The van der Waals surface area contributed by atoms with E-state index in [0.29, 0.717) is 11.6 Å². The van der Waals surface area contributed by atoms with Crippen LogP contribution in [-0.2, 0) is 11.8 Å². The van der Waals surface area contributed by atoms with Crippen molar-refractivity contribution in [3.8, 4) is 11.5 Å². The van der Waals surface area contributed by atoms with Crippen LogP contribution in [0.1, 0.15) is 31.9 Å². The van der Waals surface area contributed by atoms with Gasteiger partial charge in [-0.2, -0.15) is 0 Å². The van der Waals surface area contributed by atoms with E-state index in [1.54, 1.807) is 0 Å². The first-order chi connectivity index (χ1) is 9.90. The van der Waals surface area contributed by atoms with Crippen LogP contribution in [0.4, 0.5) is 0 Å². The van der Waals surface area contributed by atoms with Gasteiger partial charge in [0.15, 0.2) is 0 Å². The molecule has 0 saturated heterocycles. The largest absolute Gasteiger partial charge is 0.457 e. The molecule has 2 rings (SSSR count). The van der Waals surface area contributed by atoms with Gasteiger partial charge in [-0.3, -0.25) is 0 Å². The van der Waals surface area contributed by atoms with Crippen molar-refractivity contribution in [2.45, 2.75) is 32.6 Å². The smallest absolute Gasteiger partial charge is 0.132 e. The van der Waals surface area contributed by atoms with Gasteiger partial charge in [0.1, 0.15) is 11.5 Å². The van der Waals surface area contributed by atoms with Crippen molar-refractivity contribution in [3.05, 3.63) is 58.6 Å². The first kappa shape index (κ1) is 15.9. The fourth-order valence-electron chi connectivity index (χ4n) is 2.14. The molecule has 21 heavy (non-hydrogen) atoms. The maximum Gasteiger partial charge on any atom is 0.132 e. The Hall–Kier alpha value is -1.51. The Kier molecular flexibility index (Phi) is 4.92. The summed E-state index contributed by atoms with van der Waals surface area (Å²) in [6.07, 6.45) is 0.769. The van der Waals surface area contributed by atoms with Crippen molar-refractivity contribution < 1.29 is 4.74 Å². The number of halogens is 1. The Morgan fingerprint density at radius 1 is 1.10 bits per heavy atom. The van der Waals surface area contributed by atoms with Gasteiger partial charge >= 0.3 is 0 Å². The van der Waals surface area contributed by atoms with Gasteiger partial charge in [-0.05, 0) is 53.8 Å². The highest BCUT2D eigenvalue weighted by molar-refractivity contribution is 6.30. The third kappa shape index (κ3) is 4.23. The van der Waals surface area contributed by atoms with E-state index in [1.807, 2.05) is 30.3 Å². The number of nitrogens with two attached hydrogens (primary N) is 1. The SMILES string of the molecule is CC(C)(C)c1cccc(Oc2cc(Cl)ccc2CCN)c1. The average molecular weight is 304 g/mol. The van der Waals surface area contributed by atoms with E-state index in [4.69, 9.17) is 22.1 Å². The van der Waals surface area contributed by atoms with Gasteiger partial charge < -0.3 is 10.5 Å². The second-order valence-electron chi connectivity index (χ2n) is 6.17. The van der Waals surface area contributed by atoms with Crippen LogP contribution in [0.15, 0.2) is 42.5 Å². The van der Waals surface area contributed by atoms with Gasteiger partial charge in [-0.25, -0.2) is 0 Å². The van der Waals surface area contributed by atoms with Gasteiger partial charge in [0.05, 0.1) is 0 Å². The quantitative estimate of drug-likeness (QED) is 0.869. The molecule has 0 bridgehead atoms. The molecule has 0 aliphatic rings. The molecule has 3 heteroatoms. The summed E-state index contributed by atoms with van der Waals surface area (Å²) in [4.78, 5) is 0. The van der Waals surface area contributed by atoms with Gasteiger partial charge in [-0.15, -0.1) is 0 Å². The van der Waals surface area contributed by atoms with E-state index < -0.39 is 0 Å². The van der Waals surface area contributed by atoms with E-state index in [1.165, 1.54) is 5.56 Å². The summed E-state index contributed by atoms with van der Waals surface area (Å²) in [6, 6.07) is 13.9. The van der Waals surface area contributed by atoms with Crippen LogP contribution in [-0.4, -0.2) is 6.54 Å². The molecule has 2 aromatic carbocycles. The molecule has 0 spiro atoms. The lowest BCUT2D eigenvalue weighted by atomic mass is 9.87. The molecule has 0 aliphatic carbocycles. The van der Waals surface area contributed by atoms with Crippen LogP contribution in [0.5, 0.6) is 11.5 Å². The molecule has 0 saturated carbocycles. The Morgan fingerprint density at radius 3 is 2.52 bits per heavy atom. The fraction of sp³-hybridized carbons (Fsp3) is 0.333. The van der Waals surface area contributed by atoms with Crippen LogP contribution < -0.4 is 10.5 Å². The highest BCUT2D eigenvalue weighted by Crippen LogP contribution is 2.31. The van der Waals surface area contributed by atoms with Crippen molar-refractivity contribution in [2.75, 3.05) is 6.54 Å². The van der Waals surface area contributed by atoms with E-state index in [-0.39, 0.29) is 5.41 Å². The number of hydrogen-bond acceptors (Lipinski definition) is 2. The summed E-state index contributed by atoms with van der Waals surface area (Å²) < 4.78 is 6.04. The number of benzene rings is 2. The minimum atomic E-state index is 0.0911. The molecule has 0 heterocycles. The zero-order valence-corrected chi connectivity index (χ0v) is 13.6. The molecule has 0 atom stereocenters. The molecule has 2 aromatic rings. The molecule has 0 aromatic heterocycles. The predicted molar refractivity (Wildman–Crippen MR) is 89.4 cm³/mol. The second-order valence-corrected chi connectivity index (χ2v) is 6.61. The van der Waals surface area contributed by atoms with Gasteiger partial charge in [0.25, 0.3) is 0 Å². The lowest BCUT2D eigenvalue weighted by molar-refractivity contribution is 0.472. The summed E-state index contributed by atoms with van der Waals surface area (Å²) in [5.41, 5.74) is 8.06. The Morgan fingerprint density at radius 2 is 1.86 bits per heavy atom. The molecule has 2 nitrogen and oxygen atoms in total. The summed E-state index contributed by atoms with van der Waals surface area (Å²) >= 11 is 6.08. The van der Waals surface area contributed by atoms with Gasteiger partial charge in [0.2, 0.25) is 0 Å². The van der Waals surface area contributed by atoms with Crippen molar-refractivity contribution >= 4 is 11.6 Å². The normalized spacial score (nSPS) is 11.5. The highest BCUT2D eigenvalue weighted by atomic mass is 35.5. The first-order valence-corrected chi connectivity index (χ1v) is 7.55. The summed E-state index contributed by atoms with van der Waals surface area (Å²) in [5, 5.41) is 0.665. The summed E-state index contributed by atoms with van der Waals surface area (Å²) in [7, 11) is 0. The molecule has 0 aliphatic heterocycles. The monoisotopic (exact) mass is 303 g/mol. The zero-order chi connectivity index (χ0) is 15.5. The van der Waals surface area contributed by atoms with Gasteiger partial charge in [0, 0.05) is 5.02 Å². The number of rotatable bonds is 4. The van der Waals surface area contributed by atoms with Crippen LogP contribution in [0, 0.1) is 0 Å². The summed E-state index contributed by atoms with van der Waals surface area (Å²) in [6.45, 7) is 7.14. The van der Waals surface area contributed by atoms with Crippen molar-refractivity contribution in [1.82, 2.24) is 0 Å². The Balaban J connectivity index is 2.32. The predicted octanol–water partition coefficient (Wildman–Crippen LogP) is 4.93. The Bertz CT molecular complexity index is 617. The topological polar surface area (TPSA) is 35.2 Å². The van der Waals surface area contributed by atoms with Crippen LogP contribution in [0.2, 0.25) is 5.02 Å². The van der Waals surface area contributed by atoms with E-state index in [2.05, 4.69) is 32.9 Å². The molecule has 0 fully saturated rings. The number of hydrogen-bond donors (Lipinski definition) is 1. The minimum Gasteiger partial charge on any atom is -0.457 e. The molecule has 0 unspecified atom stereocenters. The average Bonchev–Trinajstić information content (AvgIpc) is 2.41. The van der Waals surface area contributed by atoms with Crippen LogP contribution in [0.3, 0.4) is 0 Å². The van der Waals surface area contributed by atoms with Crippen LogP contribution >= 0.6 is 11.6 Å². The third-order valence-electron chi connectivity index (χ3n) is 3.37. The van der Waals surface area contributed by atoms with E-state index in [0.717, 1.165) is 23.5 Å². The number of ether oxygens (including phenoxy) is 1. The minimum absolute atomic E-state index is 0.0911. The standard InChI is InChI=1S/C18H22ClNO/c1-18(2,3)14-5-4-6-16(11-14)21-17-12-15(19)8-7-13(17)9-10-20/h4-8,11-12H,9-10,20H2,1-3H3. The van der Waals surface area contributed by atoms with Gasteiger partial charge in [-0.1, -0.05) is 50.6 Å². The van der Waals surface area contributed by atoms with Crippen molar-refractivity contribution in [3.63, 3.8) is 0 Å². The van der Waals surface area contributed by atoms with E-state index >= 15 is 0 Å². The third-order valence-corrected chi connectivity index (χ3v) is 3.61. The maximum atomic E-state index is 6.08. The zero-order valence-electron chi connectivity index (χ0n) is 12.8. The van der Waals surface area contributed by atoms with E-state index in [9.17, 15) is 0 Å². The Labute approximate surface area is 131 Å². The second kappa shape index (κ2) is 6.50. The molecule has 0 amide bonds. The lowest BCUT2D eigenvalue weighted by Gasteiger charge is -2.20. The summed E-state index contributed by atoms with van der Waals surface area (Å²) in [5.74, 6) is 1.60.